The number of aromatic nitrogens is 2. The van der Waals surface area contributed by atoms with Crippen LogP contribution < -0.4 is 15.8 Å². The van der Waals surface area contributed by atoms with Gasteiger partial charge in [0.05, 0.1) is 40.3 Å². The van der Waals surface area contributed by atoms with Gasteiger partial charge in [-0.15, -0.1) is 0 Å². The third-order valence-corrected chi connectivity index (χ3v) is 6.11. The Hall–Kier alpha value is -3.76. The first-order chi connectivity index (χ1) is 16.3. The summed E-state index contributed by atoms with van der Waals surface area (Å²) >= 11 is 6.40. The normalized spacial score (nSPS) is 14.1. The fraction of sp³-hybridized carbons (Fsp3) is 0.261. The molecule has 1 aliphatic rings. The summed E-state index contributed by atoms with van der Waals surface area (Å²) in [6.45, 7) is 4.06. The van der Waals surface area contributed by atoms with E-state index < -0.39 is 4.92 Å². The molecule has 4 rings (SSSR count). The summed E-state index contributed by atoms with van der Waals surface area (Å²) in [7, 11) is 0. The van der Waals surface area contributed by atoms with Crippen LogP contribution in [0.4, 0.5) is 17.1 Å². The highest BCUT2D eigenvalue weighted by Crippen LogP contribution is 2.25. The van der Waals surface area contributed by atoms with Gasteiger partial charge in [-0.05, 0) is 25.1 Å². The van der Waals surface area contributed by atoms with Gasteiger partial charge < -0.3 is 10.2 Å². The Balaban J connectivity index is 1.37. The molecular weight excluding hydrogens is 460 g/mol. The van der Waals surface area contributed by atoms with Crippen LogP contribution in [0.25, 0.3) is 5.69 Å². The summed E-state index contributed by atoms with van der Waals surface area (Å²) in [4.78, 5) is 39.9. The Labute approximate surface area is 200 Å². The van der Waals surface area contributed by atoms with Crippen LogP contribution in [0.15, 0.2) is 59.5 Å². The number of rotatable bonds is 6. The van der Waals surface area contributed by atoms with Gasteiger partial charge in [-0.3, -0.25) is 24.6 Å². The third-order valence-electron chi connectivity index (χ3n) is 5.76. The largest absolute Gasteiger partial charge is 0.366 e. The van der Waals surface area contributed by atoms with Gasteiger partial charge in [0.2, 0.25) is 5.91 Å². The van der Waals surface area contributed by atoms with Gasteiger partial charge in [0.15, 0.2) is 0 Å². The minimum atomic E-state index is -0.470. The number of nitro groups is 1. The zero-order valence-electron chi connectivity index (χ0n) is 18.5. The summed E-state index contributed by atoms with van der Waals surface area (Å²) < 4.78 is 1.27. The van der Waals surface area contributed by atoms with Crippen LogP contribution in [0.3, 0.4) is 0 Å². The number of nitrogens with zero attached hydrogens (tertiary/aromatic N) is 5. The first kappa shape index (κ1) is 23.4. The lowest BCUT2D eigenvalue weighted by Gasteiger charge is -2.35. The van der Waals surface area contributed by atoms with Crippen LogP contribution >= 0.6 is 11.6 Å². The molecule has 0 unspecified atom stereocenters. The minimum Gasteiger partial charge on any atom is -0.366 e. The molecule has 11 heteroatoms. The van der Waals surface area contributed by atoms with Gasteiger partial charge in [0.25, 0.3) is 11.2 Å². The molecule has 1 amide bonds. The average molecular weight is 483 g/mol. The van der Waals surface area contributed by atoms with E-state index in [2.05, 4.69) is 10.4 Å². The number of hydrogen-bond acceptors (Lipinski definition) is 7. The lowest BCUT2D eigenvalue weighted by Crippen LogP contribution is -2.49. The number of piperazine rings is 1. The number of carbonyl (C=O) groups excluding carboxylic acids is 1. The number of nitro benzene ring substituents is 1. The number of hydrogen-bond donors (Lipinski definition) is 1. The summed E-state index contributed by atoms with van der Waals surface area (Å²) in [5, 5.41) is 18.2. The van der Waals surface area contributed by atoms with Crippen molar-refractivity contribution in [2.24, 2.45) is 0 Å². The molecule has 2 heterocycles. The van der Waals surface area contributed by atoms with Crippen molar-refractivity contribution >= 4 is 34.6 Å². The third kappa shape index (κ3) is 4.92. The molecular formula is C23H23ClN6O4. The molecule has 0 aliphatic carbocycles. The second-order valence-corrected chi connectivity index (χ2v) is 8.29. The van der Waals surface area contributed by atoms with Crippen molar-refractivity contribution in [3.05, 3.63) is 85.8 Å². The van der Waals surface area contributed by atoms with Crippen molar-refractivity contribution in [1.29, 1.82) is 0 Å². The number of para-hydroxylation sites is 1. The maximum Gasteiger partial charge on any atom is 0.292 e. The lowest BCUT2D eigenvalue weighted by molar-refractivity contribution is -0.385. The quantitative estimate of drug-likeness (QED) is 0.424. The van der Waals surface area contributed by atoms with Crippen molar-refractivity contribution in [2.45, 2.75) is 6.92 Å². The van der Waals surface area contributed by atoms with Crippen LogP contribution in [0.2, 0.25) is 5.02 Å². The number of anilines is 2. The van der Waals surface area contributed by atoms with Crippen LogP contribution in [0.5, 0.6) is 0 Å². The fourth-order valence-electron chi connectivity index (χ4n) is 3.89. The Morgan fingerprint density at radius 1 is 1.12 bits per heavy atom. The van der Waals surface area contributed by atoms with E-state index in [4.69, 9.17) is 11.6 Å². The van der Waals surface area contributed by atoms with E-state index in [0.29, 0.717) is 48.8 Å². The van der Waals surface area contributed by atoms with Crippen LogP contribution in [0.1, 0.15) is 5.56 Å². The summed E-state index contributed by atoms with van der Waals surface area (Å²) in [6, 6.07) is 13.7. The molecule has 1 fully saturated rings. The lowest BCUT2D eigenvalue weighted by atomic mass is 10.1. The SMILES string of the molecule is Cc1c(NC(=O)CN2CCN(c3cnn(-c4ccccc4)c(=O)c3Cl)CC2)cccc1[N+](=O)[O-]. The van der Waals surface area contributed by atoms with E-state index in [9.17, 15) is 19.7 Å². The number of halogens is 1. The Bertz CT molecular complexity index is 1270. The first-order valence-electron chi connectivity index (χ1n) is 10.7. The minimum absolute atomic E-state index is 0.0360. The van der Waals surface area contributed by atoms with Gasteiger partial charge in [-0.25, -0.2) is 0 Å². The molecule has 0 spiro atoms. The van der Waals surface area contributed by atoms with Gasteiger partial charge >= 0.3 is 0 Å². The molecule has 176 valence electrons. The molecule has 0 bridgehead atoms. The first-order valence-corrected chi connectivity index (χ1v) is 11.1. The number of nitrogens with one attached hydrogen (secondary N) is 1. The highest BCUT2D eigenvalue weighted by Gasteiger charge is 2.23. The van der Waals surface area contributed by atoms with Gasteiger partial charge in [-0.1, -0.05) is 35.9 Å². The van der Waals surface area contributed by atoms with Gasteiger partial charge in [0.1, 0.15) is 5.02 Å². The van der Waals surface area contributed by atoms with Crippen molar-refractivity contribution < 1.29 is 9.72 Å². The standard InChI is InChI=1S/C23H23ClN6O4/c1-16-18(8-5-9-19(16)30(33)34)26-21(31)15-27-10-12-28(13-11-27)20-14-25-29(23(32)22(20)24)17-6-3-2-4-7-17/h2-9,14H,10-13,15H2,1H3,(H,26,31). The fourth-order valence-corrected chi connectivity index (χ4v) is 4.14. The molecule has 1 aliphatic heterocycles. The molecule has 1 aromatic heterocycles. The predicted octanol–water partition coefficient (Wildman–Crippen LogP) is 2.86. The van der Waals surface area contributed by atoms with Gasteiger partial charge in [-0.2, -0.15) is 9.78 Å². The maximum atomic E-state index is 12.7. The van der Waals surface area contributed by atoms with E-state index in [1.807, 2.05) is 28.0 Å². The van der Waals surface area contributed by atoms with Crippen molar-refractivity contribution in [2.75, 3.05) is 42.9 Å². The highest BCUT2D eigenvalue weighted by molar-refractivity contribution is 6.33. The summed E-state index contributed by atoms with van der Waals surface area (Å²) in [6.07, 6.45) is 1.59. The molecule has 0 saturated carbocycles. The molecule has 1 saturated heterocycles. The van der Waals surface area contributed by atoms with Crippen LogP contribution in [-0.2, 0) is 4.79 Å². The molecule has 0 atom stereocenters. The van der Waals surface area contributed by atoms with Crippen LogP contribution in [-0.4, -0.2) is 58.2 Å². The second kappa shape index (κ2) is 10.0. The number of amides is 1. The van der Waals surface area contributed by atoms with Gasteiger partial charge in [0, 0.05) is 32.2 Å². The number of benzene rings is 2. The average Bonchev–Trinajstić information content (AvgIpc) is 2.83. The summed E-state index contributed by atoms with van der Waals surface area (Å²) in [5.74, 6) is -0.248. The van der Waals surface area contributed by atoms with Crippen molar-refractivity contribution in [3.63, 3.8) is 0 Å². The van der Waals surface area contributed by atoms with Crippen molar-refractivity contribution in [3.8, 4) is 5.69 Å². The van der Waals surface area contributed by atoms with E-state index in [-0.39, 0.29) is 28.7 Å². The Morgan fingerprint density at radius 2 is 1.82 bits per heavy atom. The molecule has 10 nitrogen and oxygen atoms in total. The van der Waals surface area contributed by atoms with Crippen molar-refractivity contribution in [1.82, 2.24) is 14.7 Å². The highest BCUT2D eigenvalue weighted by atomic mass is 35.5. The number of carbonyl (C=O) groups is 1. The predicted molar refractivity (Wildman–Crippen MR) is 130 cm³/mol. The monoisotopic (exact) mass is 482 g/mol. The molecule has 3 aromatic rings. The van der Waals surface area contributed by atoms with Crippen LogP contribution in [0, 0.1) is 17.0 Å². The molecule has 0 radical (unpaired) electrons. The molecule has 34 heavy (non-hydrogen) atoms. The Morgan fingerprint density at radius 3 is 2.50 bits per heavy atom. The molecule has 2 aromatic carbocycles. The van der Waals surface area contributed by atoms with E-state index in [1.165, 1.54) is 10.7 Å². The Kier molecular flexibility index (Phi) is 6.90. The van der Waals surface area contributed by atoms with E-state index >= 15 is 0 Å². The summed E-state index contributed by atoms with van der Waals surface area (Å²) in [5.41, 5.74) is 1.62. The smallest absolute Gasteiger partial charge is 0.292 e. The second-order valence-electron chi connectivity index (χ2n) is 7.91. The maximum absolute atomic E-state index is 12.7. The molecule has 1 N–H and O–H groups in total. The topological polar surface area (TPSA) is 114 Å². The van der Waals surface area contributed by atoms with E-state index in [1.54, 1.807) is 37.4 Å². The zero-order chi connectivity index (χ0) is 24.2. The van der Waals surface area contributed by atoms with E-state index in [0.717, 1.165) is 0 Å². The zero-order valence-corrected chi connectivity index (χ0v) is 19.2.